The highest BCUT2D eigenvalue weighted by Gasteiger charge is 2.44. The Hall–Kier alpha value is -1.23. The first-order valence-electron chi connectivity index (χ1n) is 6.21. The zero-order chi connectivity index (χ0) is 15.3. The molecule has 1 aromatic rings. The van der Waals surface area contributed by atoms with Crippen molar-refractivity contribution >= 4 is 17.5 Å². The molecule has 0 aliphatic heterocycles. The zero-order valence-electron chi connectivity index (χ0n) is 11.4. The van der Waals surface area contributed by atoms with Gasteiger partial charge in [-0.3, -0.25) is 4.79 Å². The summed E-state index contributed by atoms with van der Waals surface area (Å²) in [5.41, 5.74) is 1.67. The van der Waals surface area contributed by atoms with Crippen LogP contribution >= 0.6 is 11.6 Å². The van der Waals surface area contributed by atoms with Crippen LogP contribution in [0, 0.1) is 6.92 Å². The van der Waals surface area contributed by atoms with Gasteiger partial charge in [0.15, 0.2) is 0 Å². The molecule has 0 bridgehead atoms. The number of benzene rings is 1. The highest BCUT2D eigenvalue weighted by Crippen LogP contribution is 2.29. The third-order valence-corrected chi connectivity index (χ3v) is 3.23. The molecule has 0 saturated heterocycles. The Balaban J connectivity index is 2.97. The SMILES string of the molecule is CC(=O)N(Cc1ccc(C)cc1)C(CCCl)C(F)(F)F. The lowest BCUT2D eigenvalue weighted by molar-refractivity contribution is -0.190. The van der Waals surface area contributed by atoms with Crippen LogP contribution in [0.3, 0.4) is 0 Å². The average molecular weight is 308 g/mol. The number of aryl methyl sites for hydroxylation is 1. The second-order valence-corrected chi connectivity index (χ2v) is 5.05. The number of alkyl halides is 4. The first kappa shape index (κ1) is 16.8. The number of amides is 1. The van der Waals surface area contributed by atoms with E-state index in [1.54, 1.807) is 24.3 Å². The lowest BCUT2D eigenvalue weighted by Gasteiger charge is -2.32. The molecule has 0 heterocycles. The van der Waals surface area contributed by atoms with Gasteiger partial charge in [-0.05, 0) is 18.9 Å². The maximum absolute atomic E-state index is 13.0. The van der Waals surface area contributed by atoms with E-state index in [0.29, 0.717) is 5.56 Å². The molecule has 0 N–H and O–H groups in total. The molecular formula is C14H17ClF3NO. The molecule has 2 nitrogen and oxygen atoms in total. The van der Waals surface area contributed by atoms with Gasteiger partial charge in [0.2, 0.25) is 5.91 Å². The minimum absolute atomic E-state index is 0.0727. The molecule has 0 radical (unpaired) electrons. The van der Waals surface area contributed by atoms with Crippen LogP contribution in [0.4, 0.5) is 13.2 Å². The Morgan fingerprint density at radius 3 is 2.25 bits per heavy atom. The normalized spacial score (nSPS) is 13.1. The number of hydrogen-bond donors (Lipinski definition) is 0. The predicted molar refractivity (Wildman–Crippen MR) is 72.6 cm³/mol. The topological polar surface area (TPSA) is 20.3 Å². The van der Waals surface area contributed by atoms with Crippen LogP contribution in [-0.2, 0) is 11.3 Å². The number of nitrogens with zero attached hydrogens (tertiary/aromatic N) is 1. The molecule has 0 saturated carbocycles. The lowest BCUT2D eigenvalue weighted by atomic mass is 10.1. The summed E-state index contributed by atoms with van der Waals surface area (Å²) in [6, 6.07) is 5.20. The van der Waals surface area contributed by atoms with Gasteiger partial charge in [0.05, 0.1) is 0 Å². The van der Waals surface area contributed by atoms with Crippen molar-refractivity contribution in [2.75, 3.05) is 5.88 Å². The predicted octanol–water partition coefficient (Wildman–Crippen LogP) is 3.90. The molecule has 6 heteroatoms. The molecule has 0 aliphatic rings. The van der Waals surface area contributed by atoms with Gasteiger partial charge in [0.25, 0.3) is 0 Å². The van der Waals surface area contributed by atoms with E-state index in [9.17, 15) is 18.0 Å². The Morgan fingerprint density at radius 1 is 1.30 bits per heavy atom. The molecule has 1 unspecified atom stereocenters. The molecule has 0 aliphatic carbocycles. The summed E-state index contributed by atoms with van der Waals surface area (Å²) in [7, 11) is 0. The highest BCUT2D eigenvalue weighted by molar-refractivity contribution is 6.17. The van der Waals surface area contributed by atoms with Gasteiger partial charge in [0, 0.05) is 19.3 Å². The van der Waals surface area contributed by atoms with Gasteiger partial charge in [0.1, 0.15) is 6.04 Å². The molecule has 1 atom stereocenters. The molecule has 20 heavy (non-hydrogen) atoms. The fourth-order valence-corrected chi connectivity index (χ4v) is 2.14. The van der Waals surface area contributed by atoms with Crippen LogP contribution in [0.25, 0.3) is 0 Å². The third kappa shape index (κ3) is 4.71. The molecule has 0 fully saturated rings. The molecule has 1 amide bonds. The van der Waals surface area contributed by atoms with E-state index < -0.39 is 18.1 Å². The maximum atomic E-state index is 13.0. The summed E-state index contributed by atoms with van der Waals surface area (Å²) >= 11 is 5.44. The Bertz CT molecular complexity index is 445. The van der Waals surface area contributed by atoms with E-state index in [4.69, 9.17) is 11.6 Å². The second-order valence-electron chi connectivity index (χ2n) is 4.67. The molecule has 1 rings (SSSR count). The molecule has 1 aromatic carbocycles. The summed E-state index contributed by atoms with van der Waals surface area (Å²) in [4.78, 5) is 12.4. The van der Waals surface area contributed by atoms with Crippen LogP contribution < -0.4 is 0 Å². The number of rotatable bonds is 5. The molecular weight excluding hydrogens is 291 g/mol. The van der Waals surface area contributed by atoms with Crippen molar-refractivity contribution in [1.82, 2.24) is 4.90 Å². The Morgan fingerprint density at radius 2 is 1.85 bits per heavy atom. The standard InChI is InChI=1S/C14H17ClF3NO/c1-10-3-5-12(6-4-10)9-19(11(2)20)13(7-8-15)14(16,17)18/h3-6,13H,7-9H2,1-2H3. The highest BCUT2D eigenvalue weighted by atomic mass is 35.5. The van der Waals surface area contributed by atoms with Crippen molar-refractivity contribution < 1.29 is 18.0 Å². The number of carbonyl (C=O) groups excluding carboxylic acids is 1. The van der Waals surface area contributed by atoms with Gasteiger partial charge in [-0.2, -0.15) is 13.2 Å². The van der Waals surface area contributed by atoms with E-state index in [0.717, 1.165) is 17.4 Å². The van der Waals surface area contributed by atoms with E-state index in [2.05, 4.69) is 0 Å². The molecule has 112 valence electrons. The summed E-state index contributed by atoms with van der Waals surface area (Å²) in [6.07, 6.45) is -4.79. The summed E-state index contributed by atoms with van der Waals surface area (Å²) in [5, 5.41) is 0. The monoisotopic (exact) mass is 307 g/mol. The fourth-order valence-electron chi connectivity index (χ4n) is 1.93. The first-order chi connectivity index (χ1) is 9.25. The first-order valence-corrected chi connectivity index (χ1v) is 6.74. The van der Waals surface area contributed by atoms with Gasteiger partial charge in [-0.25, -0.2) is 0 Å². The fraction of sp³-hybridized carbons (Fsp3) is 0.500. The van der Waals surface area contributed by atoms with Crippen molar-refractivity contribution in [1.29, 1.82) is 0 Å². The Kier molecular flexibility index (Phi) is 5.87. The minimum atomic E-state index is -4.48. The number of carbonyl (C=O) groups is 1. The van der Waals surface area contributed by atoms with Crippen LogP contribution in [0.1, 0.15) is 24.5 Å². The maximum Gasteiger partial charge on any atom is 0.408 e. The van der Waals surface area contributed by atoms with E-state index >= 15 is 0 Å². The van der Waals surface area contributed by atoms with Crippen molar-refractivity contribution in [3.63, 3.8) is 0 Å². The van der Waals surface area contributed by atoms with Crippen molar-refractivity contribution in [3.05, 3.63) is 35.4 Å². The minimum Gasteiger partial charge on any atom is -0.326 e. The van der Waals surface area contributed by atoms with Crippen LogP contribution in [0.15, 0.2) is 24.3 Å². The van der Waals surface area contributed by atoms with Crippen LogP contribution in [-0.4, -0.2) is 28.9 Å². The molecule has 0 spiro atoms. The smallest absolute Gasteiger partial charge is 0.326 e. The number of hydrogen-bond acceptors (Lipinski definition) is 1. The van der Waals surface area contributed by atoms with Gasteiger partial charge in [-0.15, -0.1) is 11.6 Å². The Labute approximate surface area is 121 Å². The number of halogens is 4. The summed E-state index contributed by atoms with van der Waals surface area (Å²) in [6.45, 7) is 2.95. The van der Waals surface area contributed by atoms with Crippen molar-refractivity contribution in [2.24, 2.45) is 0 Å². The van der Waals surface area contributed by atoms with E-state index in [-0.39, 0.29) is 18.8 Å². The lowest BCUT2D eigenvalue weighted by Crippen LogP contribution is -2.47. The van der Waals surface area contributed by atoms with Crippen LogP contribution in [0.2, 0.25) is 0 Å². The molecule has 0 aromatic heterocycles. The third-order valence-electron chi connectivity index (χ3n) is 3.01. The largest absolute Gasteiger partial charge is 0.408 e. The van der Waals surface area contributed by atoms with Crippen molar-refractivity contribution in [2.45, 2.75) is 39.0 Å². The van der Waals surface area contributed by atoms with E-state index in [1.165, 1.54) is 0 Å². The van der Waals surface area contributed by atoms with Gasteiger partial charge >= 0.3 is 6.18 Å². The zero-order valence-corrected chi connectivity index (χ0v) is 12.1. The summed E-state index contributed by atoms with van der Waals surface area (Å²) in [5.74, 6) is -0.764. The van der Waals surface area contributed by atoms with Crippen LogP contribution in [0.5, 0.6) is 0 Å². The quantitative estimate of drug-likeness (QED) is 0.755. The van der Waals surface area contributed by atoms with Gasteiger partial charge < -0.3 is 4.90 Å². The van der Waals surface area contributed by atoms with Gasteiger partial charge in [-0.1, -0.05) is 29.8 Å². The summed E-state index contributed by atoms with van der Waals surface area (Å²) < 4.78 is 39.1. The second kappa shape index (κ2) is 6.97. The average Bonchev–Trinajstić information content (AvgIpc) is 2.34. The van der Waals surface area contributed by atoms with E-state index in [1.807, 2.05) is 6.92 Å². The van der Waals surface area contributed by atoms with Crippen molar-refractivity contribution in [3.8, 4) is 0 Å².